The van der Waals surface area contributed by atoms with Crippen LogP contribution in [-0.4, -0.2) is 10.5 Å². The number of thioether (sulfide) groups is 1. The van der Waals surface area contributed by atoms with E-state index in [0.717, 1.165) is 10.5 Å². The van der Waals surface area contributed by atoms with Crippen molar-refractivity contribution >= 4 is 11.8 Å². The molecule has 0 aromatic rings. The van der Waals surface area contributed by atoms with Crippen LogP contribution in [0.3, 0.4) is 0 Å². The molecule has 2 saturated heterocycles. The van der Waals surface area contributed by atoms with Gasteiger partial charge < -0.3 is 0 Å². The number of hydrogen-bond acceptors (Lipinski definition) is 1. The first-order chi connectivity index (χ1) is 3.95. The molecule has 2 unspecified atom stereocenters. The molecule has 2 aliphatic rings. The summed E-state index contributed by atoms with van der Waals surface area (Å²) >= 11 is 2.25. The molecule has 8 heavy (non-hydrogen) atoms. The first-order valence-corrected chi connectivity index (χ1v) is 4.55. The monoisotopic (exact) mass is 128 g/mol. The highest BCUT2D eigenvalue weighted by Gasteiger charge is 2.28. The van der Waals surface area contributed by atoms with Gasteiger partial charge in [0.05, 0.1) is 0 Å². The third kappa shape index (κ3) is 0.771. The van der Waals surface area contributed by atoms with E-state index in [9.17, 15) is 0 Å². The quantitative estimate of drug-likeness (QED) is 0.483. The van der Waals surface area contributed by atoms with Gasteiger partial charge in [0.25, 0.3) is 0 Å². The zero-order chi connectivity index (χ0) is 5.40. The lowest BCUT2D eigenvalue weighted by molar-refractivity contribution is 0.688. The van der Waals surface area contributed by atoms with Crippen molar-refractivity contribution in [2.24, 2.45) is 0 Å². The summed E-state index contributed by atoms with van der Waals surface area (Å²) in [5.41, 5.74) is 0. The van der Waals surface area contributed by atoms with Crippen LogP contribution in [0.25, 0.3) is 0 Å². The Balaban J connectivity index is 2.03. The van der Waals surface area contributed by atoms with Crippen molar-refractivity contribution in [3.05, 3.63) is 0 Å². The molecule has 2 rings (SSSR count). The van der Waals surface area contributed by atoms with E-state index in [2.05, 4.69) is 11.8 Å². The second-order valence-corrected chi connectivity index (χ2v) is 4.49. The number of rotatable bonds is 0. The molecule has 46 valence electrons. The molecule has 2 aliphatic heterocycles. The van der Waals surface area contributed by atoms with Crippen molar-refractivity contribution in [2.45, 2.75) is 42.6 Å². The predicted molar refractivity (Wildman–Crippen MR) is 38.3 cm³/mol. The summed E-state index contributed by atoms with van der Waals surface area (Å²) in [6.45, 7) is 0. The van der Waals surface area contributed by atoms with E-state index in [1.807, 2.05) is 0 Å². The first-order valence-electron chi connectivity index (χ1n) is 3.60. The van der Waals surface area contributed by atoms with Gasteiger partial charge in [-0.05, 0) is 25.7 Å². The summed E-state index contributed by atoms with van der Waals surface area (Å²) in [4.78, 5) is 0. The highest BCUT2D eigenvalue weighted by atomic mass is 32.2. The minimum absolute atomic E-state index is 1.08. The van der Waals surface area contributed by atoms with Crippen molar-refractivity contribution in [1.29, 1.82) is 0 Å². The van der Waals surface area contributed by atoms with Crippen molar-refractivity contribution in [2.75, 3.05) is 0 Å². The Hall–Kier alpha value is 0.350. The third-order valence-electron chi connectivity index (χ3n) is 2.25. The van der Waals surface area contributed by atoms with Crippen LogP contribution in [0.4, 0.5) is 0 Å². The lowest BCUT2D eigenvalue weighted by atomic mass is 10.2. The number of fused-ring (bicyclic) bond motifs is 2. The molecule has 0 spiro atoms. The van der Waals surface area contributed by atoms with E-state index in [-0.39, 0.29) is 0 Å². The fourth-order valence-electron chi connectivity index (χ4n) is 1.78. The van der Waals surface area contributed by atoms with Gasteiger partial charge in [-0.3, -0.25) is 0 Å². The summed E-state index contributed by atoms with van der Waals surface area (Å²) in [7, 11) is 0. The summed E-state index contributed by atoms with van der Waals surface area (Å²) in [5.74, 6) is 0. The Morgan fingerprint density at radius 2 is 1.50 bits per heavy atom. The molecule has 2 heterocycles. The molecule has 2 bridgehead atoms. The molecule has 1 heteroatoms. The zero-order valence-electron chi connectivity index (χ0n) is 5.10. The van der Waals surface area contributed by atoms with Crippen LogP contribution in [0.5, 0.6) is 0 Å². The van der Waals surface area contributed by atoms with Crippen LogP contribution in [0, 0.1) is 0 Å². The van der Waals surface area contributed by atoms with Gasteiger partial charge >= 0.3 is 0 Å². The van der Waals surface area contributed by atoms with Gasteiger partial charge in [0, 0.05) is 10.5 Å². The normalized spacial score (nSPS) is 45.0. The predicted octanol–water partition coefficient (Wildman–Crippen LogP) is 2.43. The molecule has 2 atom stereocenters. The van der Waals surface area contributed by atoms with E-state index in [0.29, 0.717) is 0 Å². The summed E-state index contributed by atoms with van der Waals surface area (Å²) < 4.78 is 0. The Labute approximate surface area is 55.0 Å². The van der Waals surface area contributed by atoms with Gasteiger partial charge in [0.1, 0.15) is 0 Å². The molecule has 0 radical (unpaired) electrons. The lowest BCUT2D eigenvalue weighted by Crippen LogP contribution is -2.04. The largest absolute Gasteiger partial charge is 0.155 e. The average Bonchev–Trinajstić information content (AvgIpc) is 2.12. The topological polar surface area (TPSA) is 0 Å². The first kappa shape index (κ1) is 5.16. The summed E-state index contributed by atoms with van der Waals surface area (Å²) in [5, 5.41) is 2.16. The van der Waals surface area contributed by atoms with Gasteiger partial charge in [0.15, 0.2) is 0 Å². The zero-order valence-corrected chi connectivity index (χ0v) is 5.91. The fourth-order valence-corrected chi connectivity index (χ4v) is 3.47. The van der Waals surface area contributed by atoms with Crippen LogP contribution in [0.2, 0.25) is 0 Å². The Morgan fingerprint density at radius 1 is 0.875 bits per heavy atom. The molecule has 0 aromatic heterocycles. The third-order valence-corrected chi connectivity index (χ3v) is 3.96. The maximum atomic E-state index is 2.25. The fraction of sp³-hybridized carbons (Fsp3) is 1.00. The minimum atomic E-state index is 1.08. The van der Waals surface area contributed by atoms with Crippen LogP contribution < -0.4 is 0 Å². The van der Waals surface area contributed by atoms with Crippen molar-refractivity contribution in [3.8, 4) is 0 Å². The molecular formula is C7H12S. The SMILES string of the molecule is C1CC2CCC(C1)S2. The maximum absolute atomic E-state index is 2.25. The Kier molecular flexibility index (Phi) is 1.25. The second-order valence-electron chi connectivity index (χ2n) is 2.89. The lowest BCUT2D eigenvalue weighted by Gasteiger charge is -2.16. The van der Waals surface area contributed by atoms with Crippen LogP contribution in [0.1, 0.15) is 32.1 Å². The molecule has 0 saturated carbocycles. The highest BCUT2D eigenvalue weighted by molar-refractivity contribution is 8.00. The van der Waals surface area contributed by atoms with E-state index < -0.39 is 0 Å². The molecule has 2 fully saturated rings. The maximum Gasteiger partial charge on any atom is 0.00502 e. The molecule has 0 nitrogen and oxygen atoms in total. The molecule has 0 N–H and O–H groups in total. The van der Waals surface area contributed by atoms with Crippen molar-refractivity contribution in [1.82, 2.24) is 0 Å². The highest BCUT2D eigenvalue weighted by Crippen LogP contribution is 2.43. The van der Waals surface area contributed by atoms with Crippen molar-refractivity contribution in [3.63, 3.8) is 0 Å². The molecule has 0 aromatic carbocycles. The van der Waals surface area contributed by atoms with Gasteiger partial charge in [-0.1, -0.05) is 6.42 Å². The van der Waals surface area contributed by atoms with Crippen LogP contribution in [-0.2, 0) is 0 Å². The van der Waals surface area contributed by atoms with E-state index >= 15 is 0 Å². The summed E-state index contributed by atoms with van der Waals surface area (Å²) in [6.07, 6.45) is 7.59. The van der Waals surface area contributed by atoms with Crippen LogP contribution in [0.15, 0.2) is 0 Å². The standard InChI is InChI=1S/C7H12S/c1-2-6-4-5-7(3-1)8-6/h6-7H,1-5H2. The van der Waals surface area contributed by atoms with Gasteiger partial charge in [0.2, 0.25) is 0 Å². The van der Waals surface area contributed by atoms with Gasteiger partial charge in [-0.15, -0.1) is 0 Å². The van der Waals surface area contributed by atoms with Gasteiger partial charge in [-0.25, -0.2) is 0 Å². The molecular weight excluding hydrogens is 116 g/mol. The Bertz CT molecular complexity index is 76.4. The average molecular weight is 128 g/mol. The molecule has 0 aliphatic carbocycles. The van der Waals surface area contributed by atoms with Crippen LogP contribution >= 0.6 is 11.8 Å². The van der Waals surface area contributed by atoms with Crippen molar-refractivity contribution < 1.29 is 0 Å². The number of hydrogen-bond donors (Lipinski definition) is 0. The minimum Gasteiger partial charge on any atom is -0.155 e. The smallest absolute Gasteiger partial charge is 0.00502 e. The van der Waals surface area contributed by atoms with Gasteiger partial charge in [-0.2, -0.15) is 11.8 Å². The van der Waals surface area contributed by atoms with E-state index in [1.165, 1.54) is 32.1 Å². The Morgan fingerprint density at radius 3 is 2.00 bits per heavy atom. The molecule has 0 amide bonds. The van der Waals surface area contributed by atoms with E-state index in [1.54, 1.807) is 0 Å². The second kappa shape index (κ2) is 1.94. The van der Waals surface area contributed by atoms with E-state index in [4.69, 9.17) is 0 Å². The summed E-state index contributed by atoms with van der Waals surface area (Å²) in [6, 6.07) is 0.